The van der Waals surface area contributed by atoms with Crippen LogP contribution in [-0.4, -0.2) is 30.7 Å². The molecule has 0 saturated carbocycles. The summed E-state index contributed by atoms with van der Waals surface area (Å²) in [6, 6.07) is 8.02. The molecule has 0 atom stereocenters. The van der Waals surface area contributed by atoms with E-state index < -0.39 is 0 Å². The SMILES string of the molecule is O=C(CCCCO)Nc1ccccc1N1CCCCC1. The van der Waals surface area contributed by atoms with Crippen LogP contribution in [0.25, 0.3) is 0 Å². The maximum absolute atomic E-state index is 11.9. The van der Waals surface area contributed by atoms with Crippen molar-refractivity contribution in [2.75, 3.05) is 29.9 Å². The molecule has 2 N–H and O–H groups in total. The number of aliphatic hydroxyl groups excluding tert-OH is 1. The van der Waals surface area contributed by atoms with E-state index in [0.29, 0.717) is 12.8 Å². The third kappa shape index (κ3) is 4.23. The van der Waals surface area contributed by atoms with E-state index in [1.54, 1.807) is 0 Å². The topological polar surface area (TPSA) is 52.6 Å². The number of hydrogen-bond donors (Lipinski definition) is 2. The van der Waals surface area contributed by atoms with Gasteiger partial charge in [0.1, 0.15) is 0 Å². The Hall–Kier alpha value is -1.55. The number of aliphatic hydroxyl groups is 1. The summed E-state index contributed by atoms with van der Waals surface area (Å²) in [5.41, 5.74) is 2.03. The number of piperidine rings is 1. The van der Waals surface area contributed by atoms with E-state index >= 15 is 0 Å². The first-order chi connectivity index (χ1) is 9.81. The van der Waals surface area contributed by atoms with Crippen LogP contribution in [0.1, 0.15) is 38.5 Å². The van der Waals surface area contributed by atoms with Crippen molar-refractivity contribution < 1.29 is 9.90 Å². The van der Waals surface area contributed by atoms with Crippen LogP contribution in [0.4, 0.5) is 11.4 Å². The number of benzene rings is 1. The number of anilines is 2. The van der Waals surface area contributed by atoms with Gasteiger partial charge in [-0.2, -0.15) is 0 Å². The van der Waals surface area contributed by atoms with Gasteiger partial charge < -0.3 is 15.3 Å². The molecule has 0 aliphatic carbocycles. The number of para-hydroxylation sites is 2. The van der Waals surface area contributed by atoms with Gasteiger partial charge in [-0.1, -0.05) is 12.1 Å². The zero-order chi connectivity index (χ0) is 14.2. The minimum absolute atomic E-state index is 0.0305. The zero-order valence-corrected chi connectivity index (χ0v) is 12.0. The lowest BCUT2D eigenvalue weighted by Crippen LogP contribution is -2.30. The quantitative estimate of drug-likeness (QED) is 0.786. The van der Waals surface area contributed by atoms with Crippen molar-refractivity contribution in [3.8, 4) is 0 Å². The van der Waals surface area contributed by atoms with Crippen molar-refractivity contribution in [1.29, 1.82) is 0 Å². The second-order valence-electron chi connectivity index (χ2n) is 5.29. The number of carbonyl (C=O) groups excluding carboxylic acids is 1. The van der Waals surface area contributed by atoms with Crippen LogP contribution in [0.15, 0.2) is 24.3 Å². The molecule has 1 aliphatic heterocycles. The van der Waals surface area contributed by atoms with Crippen molar-refractivity contribution in [3.63, 3.8) is 0 Å². The van der Waals surface area contributed by atoms with Crippen molar-refractivity contribution in [1.82, 2.24) is 0 Å². The second kappa shape index (κ2) is 7.90. The highest BCUT2D eigenvalue weighted by Gasteiger charge is 2.15. The molecule has 1 heterocycles. The number of carbonyl (C=O) groups is 1. The summed E-state index contributed by atoms with van der Waals surface area (Å²) in [5, 5.41) is 11.7. The second-order valence-corrected chi connectivity index (χ2v) is 5.29. The van der Waals surface area contributed by atoms with Crippen LogP contribution in [0.5, 0.6) is 0 Å². The molecule has 1 amide bonds. The molecule has 1 aliphatic rings. The average Bonchev–Trinajstić information content (AvgIpc) is 2.49. The van der Waals surface area contributed by atoms with E-state index in [-0.39, 0.29) is 12.5 Å². The lowest BCUT2D eigenvalue weighted by molar-refractivity contribution is -0.116. The molecular formula is C16H24N2O2. The van der Waals surface area contributed by atoms with Crippen LogP contribution in [0.3, 0.4) is 0 Å². The molecule has 0 bridgehead atoms. The highest BCUT2D eigenvalue weighted by molar-refractivity contribution is 5.94. The third-order valence-corrected chi connectivity index (χ3v) is 3.69. The molecule has 0 aromatic heterocycles. The number of nitrogens with one attached hydrogen (secondary N) is 1. The molecule has 1 saturated heterocycles. The van der Waals surface area contributed by atoms with Crippen molar-refractivity contribution >= 4 is 17.3 Å². The normalized spacial score (nSPS) is 15.2. The molecule has 0 spiro atoms. The lowest BCUT2D eigenvalue weighted by atomic mass is 10.1. The number of nitrogens with zero attached hydrogens (tertiary/aromatic N) is 1. The van der Waals surface area contributed by atoms with Gasteiger partial charge in [0.05, 0.1) is 11.4 Å². The maximum atomic E-state index is 11.9. The van der Waals surface area contributed by atoms with Gasteiger partial charge in [0, 0.05) is 26.1 Å². The van der Waals surface area contributed by atoms with Gasteiger partial charge >= 0.3 is 0 Å². The lowest BCUT2D eigenvalue weighted by Gasteiger charge is -2.30. The number of unbranched alkanes of at least 4 members (excludes halogenated alkanes) is 1. The van der Waals surface area contributed by atoms with Gasteiger partial charge in [-0.15, -0.1) is 0 Å². The Labute approximate surface area is 120 Å². The highest BCUT2D eigenvalue weighted by Crippen LogP contribution is 2.28. The van der Waals surface area contributed by atoms with E-state index in [2.05, 4.69) is 16.3 Å². The van der Waals surface area contributed by atoms with Crippen LogP contribution in [0, 0.1) is 0 Å². The van der Waals surface area contributed by atoms with Gasteiger partial charge in [0.2, 0.25) is 5.91 Å². The van der Waals surface area contributed by atoms with E-state index in [0.717, 1.165) is 30.9 Å². The van der Waals surface area contributed by atoms with Gasteiger partial charge in [-0.05, 0) is 44.2 Å². The largest absolute Gasteiger partial charge is 0.396 e. The number of rotatable bonds is 6. The molecular weight excluding hydrogens is 252 g/mol. The van der Waals surface area contributed by atoms with Crippen LogP contribution in [0.2, 0.25) is 0 Å². The fourth-order valence-electron chi connectivity index (χ4n) is 2.60. The Bertz CT molecular complexity index is 428. The monoisotopic (exact) mass is 276 g/mol. The zero-order valence-electron chi connectivity index (χ0n) is 12.0. The summed E-state index contributed by atoms with van der Waals surface area (Å²) in [6.07, 6.45) is 5.62. The predicted octanol–water partition coefficient (Wildman–Crippen LogP) is 2.78. The van der Waals surface area contributed by atoms with Gasteiger partial charge in [0.15, 0.2) is 0 Å². The first kappa shape index (κ1) is 14.9. The van der Waals surface area contributed by atoms with Crippen molar-refractivity contribution in [2.45, 2.75) is 38.5 Å². The van der Waals surface area contributed by atoms with Gasteiger partial charge in [-0.3, -0.25) is 4.79 Å². The van der Waals surface area contributed by atoms with E-state index in [4.69, 9.17) is 5.11 Å². The Morgan fingerprint density at radius 1 is 1.15 bits per heavy atom. The maximum Gasteiger partial charge on any atom is 0.224 e. The molecule has 4 heteroatoms. The molecule has 110 valence electrons. The van der Waals surface area contributed by atoms with Crippen molar-refractivity contribution in [2.24, 2.45) is 0 Å². The molecule has 1 fully saturated rings. The Morgan fingerprint density at radius 3 is 2.65 bits per heavy atom. The summed E-state index contributed by atoms with van der Waals surface area (Å²) < 4.78 is 0. The summed E-state index contributed by atoms with van der Waals surface area (Å²) in [5.74, 6) is 0.0305. The molecule has 1 aromatic carbocycles. The Kier molecular flexibility index (Phi) is 5.87. The minimum atomic E-state index is 0.0305. The highest BCUT2D eigenvalue weighted by atomic mass is 16.3. The smallest absolute Gasteiger partial charge is 0.224 e. The van der Waals surface area contributed by atoms with Crippen LogP contribution in [-0.2, 0) is 4.79 Å². The van der Waals surface area contributed by atoms with Gasteiger partial charge in [-0.25, -0.2) is 0 Å². The fraction of sp³-hybridized carbons (Fsp3) is 0.562. The van der Waals surface area contributed by atoms with E-state index in [9.17, 15) is 4.79 Å². The Morgan fingerprint density at radius 2 is 1.90 bits per heavy atom. The summed E-state index contributed by atoms with van der Waals surface area (Å²) in [7, 11) is 0. The first-order valence-electron chi connectivity index (χ1n) is 7.56. The molecule has 2 rings (SSSR count). The molecule has 20 heavy (non-hydrogen) atoms. The minimum Gasteiger partial charge on any atom is -0.396 e. The van der Waals surface area contributed by atoms with Crippen LogP contribution < -0.4 is 10.2 Å². The van der Waals surface area contributed by atoms with Crippen molar-refractivity contribution in [3.05, 3.63) is 24.3 Å². The summed E-state index contributed by atoms with van der Waals surface area (Å²) in [4.78, 5) is 14.3. The summed E-state index contributed by atoms with van der Waals surface area (Å²) >= 11 is 0. The average molecular weight is 276 g/mol. The molecule has 0 radical (unpaired) electrons. The molecule has 4 nitrogen and oxygen atoms in total. The Balaban J connectivity index is 1.98. The predicted molar refractivity (Wildman–Crippen MR) is 82.1 cm³/mol. The van der Waals surface area contributed by atoms with Gasteiger partial charge in [0.25, 0.3) is 0 Å². The standard InChI is InChI=1S/C16H24N2O2/c19-13-7-4-10-16(20)17-14-8-2-3-9-15(14)18-11-5-1-6-12-18/h2-3,8-9,19H,1,4-7,10-13H2,(H,17,20). The van der Waals surface area contributed by atoms with E-state index in [1.165, 1.54) is 19.3 Å². The van der Waals surface area contributed by atoms with E-state index in [1.807, 2.05) is 18.2 Å². The summed E-state index contributed by atoms with van der Waals surface area (Å²) in [6.45, 7) is 2.28. The number of hydrogen-bond acceptors (Lipinski definition) is 3. The number of amides is 1. The first-order valence-corrected chi connectivity index (χ1v) is 7.56. The third-order valence-electron chi connectivity index (χ3n) is 3.69. The fourth-order valence-corrected chi connectivity index (χ4v) is 2.60. The van der Waals surface area contributed by atoms with Crippen LogP contribution >= 0.6 is 0 Å². The molecule has 1 aromatic rings. The molecule has 0 unspecified atom stereocenters.